The third-order valence-electron chi connectivity index (χ3n) is 5.37. The zero-order valence-electron chi connectivity index (χ0n) is 22.4. The third kappa shape index (κ3) is 11.8. The minimum absolute atomic E-state index is 0. The molecule has 0 spiro atoms. The van der Waals surface area contributed by atoms with Crippen LogP contribution < -0.4 is 0 Å². The first-order valence-electron chi connectivity index (χ1n) is 13.2. The van der Waals surface area contributed by atoms with Gasteiger partial charge in [0.05, 0.1) is 0 Å². The largest absolute Gasteiger partial charge is 2.00 e. The van der Waals surface area contributed by atoms with Crippen LogP contribution in [0.4, 0.5) is 0 Å². The fraction of sp³-hybridized carbons (Fsp3) is 1.00. The number of hydrogen-bond donors (Lipinski definition) is 0. The molecule has 0 radical (unpaired) electrons. The third-order valence-corrected chi connectivity index (χ3v) is 12.8. The second-order valence-electron chi connectivity index (χ2n) is 8.46. The molecule has 0 aliphatic rings. The summed E-state index contributed by atoms with van der Waals surface area (Å²) in [6, 6.07) is 0. The molecule has 0 N–H and O–H groups in total. The molecule has 0 atom stereocenters. The summed E-state index contributed by atoms with van der Waals surface area (Å²) in [4.78, 5) is 0. The molecule has 0 fully saturated rings. The summed E-state index contributed by atoms with van der Waals surface area (Å²) in [5.41, 5.74) is 0. The van der Waals surface area contributed by atoms with E-state index in [2.05, 4.69) is 41.5 Å². The van der Waals surface area contributed by atoms with E-state index in [0.29, 0.717) is 39.6 Å². The van der Waals surface area contributed by atoms with Crippen LogP contribution in [0.5, 0.6) is 0 Å². The first kappa shape index (κ1) is 35.4. The van der Waals surface area contributed by atoms with Crippen molar-refractivity contribution in [1.29, 1.82) is 0 Å². The van der Waals surface area contributed by atoms with Crippen molar-refractivity contribution in [3.05, 3.63) is 0 Å². The topological polar surface area (TPSA) is 55.4 Å². The summed E-state index contributed by atoms with van der Waals surface area (Å²) in [5, 5.41) is 0. The maximum atomic E-state index is 6.65. The van der Waals surface area contributed by atoms with Gasteiger partial charge in [-0.2, -0.15) is 0 Å². The molecule has 0 rings (SSSR count). The molecule has 0 aromatic rings. The van der Waals surface area contributed by atoms with E-state index < -0.39 is 16.4 Å². The molecular weight excluding hydrogens is 456 g/mol. The standard InChI is InChI=1S/6C4H9O.Mg.Ti/c6*1-2-3-4-5;;/h6*2-4H2,1H3;;/q6*-1;+2;+4. The van der Waals surface area contributed by atoms with E-state index in [1.54, 1.807) is 0 Å². The fourth-order valence-corrected chi connectivity index (χ4v) is 10.4. The number of unbranched alkanes of at least 4 members (excludes halogenated alkanes) is 6. The van der Waals surface area contributed by atoms with Gasteiger partial charge in [0.1, 0.15) is 0 Å². The summed E-state index contributed by atoms with van der Waals surface area (Å²) in [7, 11) is 0. The van der Waals surface area contributed by atoms with Gasteiger partial charge in [-0.1, -0.05) is 0 Å². The summed E-state index contributed by atoms with van der Waals surface area (Å²) >= 11 is -6.19. The Hall–Kier alpha value is 1.24. The van der Waals surface area contributed by atoms with Crippen LogP contribution in [0.1, 0.15) is 119 Å². The fourth-order valence-electron chi connectivity index (χ4n) is 3.17. The normalized spacial score (nSPS) is 14.1. The Bertz CT molecular complexity index is 326. The van der Waals surface area contributed by atoms with Crippen molar-refractivity contribution in [2.45, 2.75) is 119 Å². The molecule has 0 aromatic carbocycles. The molecule has 8 heteroatoms. The molecule has 0 unspecified atom stereocenters. The van der Waals surface area contributed by atoms with Crippen LogP contribution in [0.3, 0.4) is 0 Å². The molecule has 192 valence electrons. The van der Waals surface area contributed by atoms with Gasteiger partial charge in [-0.25, -0.2) is 0 Å². The van der Waals surface area contributed by atoms with Crippen LogP contribution >= 0.6 is 0 Å². The molecule has 6 nitrogen and oxygen atoms in total. The van der Waals surface area contributed by atoms with Gasteiger partial charge >= 0.3 is 218 Å². The minimum Gasteiger partial charge on any atom is 2.00 e. The van der Waals surface area contributed by atoms with Crippen LogP contribution in [0.2, 0.25) is 0 Å². The first-order chi connectivity index (χ1) is 15.0. The zero-order chi connectivity index (χ0) is 23.4. The molecule has 0 aromatic heterocycles. The minimum atomic E-state index is -6.19. The Kier molecular flexibility index (Phi) is 21.5. The van der Waals surface area contributed by atoms with Gasteiger partial charge in [-0.3, -0.25) is 0 Å². The Labute approximate surface area is 216 Å². The molecule has 0 amide bonds. The molecule has 0 heterocycles. The van der Waals surface area contributed by atoms with Crippen molar-refractivity contribution in [1.82, 2.24) is 0 Å². The average Bonchev–Trinajstić information content (AvgIpc) is 2.76. The van der Waals surface area contributed by atoms with Gasteiger partial charge in [0.15, 0.2) is 0 Å². The number of rotatable bonds is 24. The van der Waals surface area contributed by atoms with Crippen LogP contribution in [0, 0.1) is 0 Å². The molecule has 0 aliphatic carbocycles. The quantitative estimate of drug-likeness (QED) is 0.101. The molecule has 0 aliphatic heterocycles. The van der Waals surface area contributed by atoms with E-state index in [4.69, 9.17) is 19.9 Å². The van der Waals surface area contributed by atoms with Crippen molar-refractivity contribution in [2.75, 3.05) is 39.6 Å². The maximum absolute atomic E-state index is 6.65. The smallest absolute Gasteiger partial charge is 2.00 e. The van der Waals surface area contributed by atoms with E-state index in [1.165, 1.54) is 0 Å². The van der Waals surface area contributed by atoms with Crippen LogP contribution in [-0.2, 0) is 36.3 Å². The van der Waals surface area contributed by atoms with Crippen molar-refractivity contribution >= 4 is 23.1 Å². The van der Waals surface area contributed by atoms with Gasteiger partial charge in [0, 0.05) is 0 Å². The van der Waals surface area contributed by atoms with E-state index in [0.717, 1.165) is 77.0 Å². The van der Waals surface area contributed by atoms with Crippen LogP contribution in [0.15, 0.2) is 0 Å². The van der Waals surface area contributed by atoms with Crippen LogP contribution in [-0.4, -0.2) is 62.7 Å². The SMILES string of the molecule is CCCC[O][Ti-2]([O]CCCC)([O]CCCC)([O]CCCC)([O]CCCC)[O]CCCC.[Mg+2]. The van der Waals surface area contributed by atoms with Gasteiger partial charge in [-0.05, 0) is 0 Å². The summed E-state index contributed by atoms with van der Waals surface area (Å²) in [5.74, 6) is 0. The van der Waals surface area contributed by atoms with Gasteiger partial charge < -0.3 is 0 Å². The van der Waals surface area contributed by atoms with Crippen molar-refractivity contribution in [2.24, 2.45) is 0 Å². The molecule has 0 saturated carbocycles. The summed E-state index contributed by atoms with van der Waals surface area (Å²) < 4.78 is 39.9. The predicted molar refractivity (Wildman–Crippen MR) is 131 cm³/mol. The Morgan fingerprint density at radius 1 is 0.344 bits per heavy atom. The second-order valence-corrected chi connectivity index (χ2v) is 15.1. The average molecular weight is 511 g/mol. The molecule has 0 bridgehead atoms. The molecule has 32 heavy (non-hydrogen) atoms. The monoisotopic (exact) mass is 510 g/mol. The summed E-state index contributed by atoms with van der Waals surface area (Å²) in [6.45, 7) is 15.4. The maximum Gasteiger partial charge on any atom is 2.00 e. The Morgan fingerprint density at radius 3 is 0.625 bits per heavy atom. The van der Waals surface area contributed by atoms with E-state index in [9.17, 15) is 0 Å². The van der Waals surface area contributed by atoms with Crippen molar-refractivity contribution < 1.29 is 36.3 Å². The molecule has 0 saturated heterocycles. The van der Waals surface area contributed by atoms with Crippen LogP contribution in [0.25, 0.3) is 0 Å². The Balaban J connectivity index is 0. The van der Waals surface area contributed by atoms with E-state index in [1.807, 2.05) is 0 Å². The summed E-state index contributed by atoms with van der Waals surface area (Å²) in [6.07, 6.45) is 11.1. The zero-order valence-corrected chi connectivity index (χ0v) is 25.4. The predicted octanol–water partition coefficient (Wildman–Crippen LogP) is 7.22. The van der Waals surface area contributed by atoms with E-state index in [-0.39, 0.29) is 23.1 Å². The van der Waals surface area contributed by atoms with Crippen molar-refractivity contribution in [3.63, 3.8) is 0 Å². The first-order valence-corrected chi connectivity index (χ1v) is 17.0. The van der Waals surface area contributed by atoms with Crippen molar-refractivity contribution in [3.8, 4) is 0 Å². The van der Waals surface area contributed by atoms with E-state index >= 15 is 0 Å². The second kappa shape index (κ2) is 19.4. The van der Waals surface area contributed by atoms with Gasteiger partial charge in [0.25, 0.3) is 0 Å². The Morgan fingerprint density at radius 2 is 0.500 bits per heavy atom. The number of hydrogen-bond acceptors (Lipinski definition) is 6. The molecular formula is C24H54MgO6Ti. The van der Waals surface area contributed by atoms with Gasteiger partial charge in [-0.15, -0.1) is 0 Å². The van der Waals surface area contributed by atoms with Gasteiger partial charge in [0.2, 0.25) is 0 Å².